The number of aliphatic hydroxyl groups excluding tert-OH is 1. The Morgan fingerprint density at radius 1 is 0.636 bits per heavy atom. The maximum absolute atomic E-state index is 13.1. The quantitative estimate of drug-likeness (QED) is 0.112. The Labute approximate surface area is 250 Å². The van der Waals surface area contributed by atoms with Crippen molar-refractivity contribution >= 4 is 30.3 Å². The van der Waals surface area contributed by atoms with E-state index in [-0.39, 0.29) is 57.0 Å². The summed E-state index contributed by atoms with van der Waals surface area (Å²) >= 11 is 0. The Balaban J connectivity index is 1.54. The molecule has 0 saturated heterocycles. The third-order valence-corrected chi connectivity index (χ3v) is 9.22. The van der Waals surface area contributed by atoms with Crippen molar-refractivity contribution < 1.29 is 39.5 Å². The number of sulfonamides is 1. The van der Waals surface area contributed by atoms with Gasteiger partial charge < -0.3 is 5.11 Å². The summed E-state index contributed by atoms with van der Waals surface area (Å²) in [5.41, 5.74) is 1.22. The average Bonchev–Trinajstić information content (AvgIpc) is 3.67. The minimum Gasteiger partial charge on any atom is -0.396 e. The van der Waals surface area contributed by atoms with Crippen LogP contribution in [0.2, 0.25) is 0 Å². The Kier molecular flexibility index (Phi) is 8.40. The molecule has 0 unspecified atom stereocenters. The molecule has 5 aromatic rings. The molecule has 20 heteroatoms. The zero-order valence-corrected chi connectivity index (χ0v) is 24.6. The molecule has 0 fully saturated rings. The monoisotopic (exact) mass is 662 g/mol. The lowest BCUT2D eigenvalue weighted by Crippen LogP contribution is -2.25. The van der Waals surface area contributed by atoms with Gasteiger partial charge in [0.2, 0.25) is 10.0 Å². The summed E-state index contributed by atoms with van der Waals surface area (Å²) in [5, 5.41) is 25.2. The Bertz CT molecular complexity index is 2010. The van der Waals surface area contributed by atoms with Crippen LogP contribution < -0.4 is 4.72 Å². The number of aliphatic hydroxyl groups is 1. The molecule has 5 rings (SSSR count). The van der Waals surface area contributed by atoms with Crippen LogP contribution in [-0.4, -0.2) is 87.6 Å². The highest BCUT2D eigenvalue weighted by Gasteiger charge is 2.21. The van der Waals surface area contributed by atoms with Gasteiger partial charge in [0.05, 0.1) is 49.8 Å². The molecule has 0 bridgehead atoms. The van der Waals surface area contributed by atoms with Crippen LogP contribution in [0.3, 0.4) is 0 Å². The lowest BCUT2D eigenvalue weighted by atomic mass is 10.2. The van der Waals surface area contributed by atoms with Crippen LogP contribution >= 0.6 is 0 Å². The van der Waals surface area contributed by atoms with Crippen LogP contribution in [0.15, 0.2) is 87.7 Å². The van der Waals surface area contributed by atoms with Crippen molar-refractivity contribution in [2.45, 2.75) is 21.1 Å². The zero-order valence-electron chi connectivity index (χ0n) is 22.2. The molecule has 44 heavy (non-hydrogen) atoms. The van der Waals surface area contributed by atoms with E-state index >= 15 is 0 Å². The van der Waals surface area contributed by atoms with Gasteiger partial charge in [-0.3, -0.25) is 9.11 Å². The van der Waals surface area contributed by atoms with E-state index in [4.69, 9.17) is 5.11 Å². The van der Waals surface area contributed by atoms with Gasteiger partial charge in [-0.1, -0.05) is 10.4 Å². The molecule has 17 nitrogen and oxygen atoms in total. The number of benzene rings is 2. The highest BCUT2D eigenvalue weighted by molar-refractivity contribution is 7.89. The first-order chi connectivity index (χ1) is 20.7. The fourth-order valence-electron chi connectivity index (χ4n) is 3.85. The maximum Gasteiger partial charge on any atom is 0.294 e. The second-order valence-corrected chi connectivity index (χ2v) is 13.7. The van der Waals surface area contributed by atoms with Gasteiger partial charge in [-0.25, -0.2) is 27.5 Å². The van der Waals surface area contributed by atoms with Gasteiger partial charge >= 0.3 is 0 Å². The number of hydrogen-bond acceptors (Lipinski definition) is 12. The standard InChI is InChI=1S/C24H22N8O9S3/c33-11-1-10-25-42(34,35)20-12-21(23-14-31(29-27-23)16-2-6-18(7-3-16)43(36,37)38)26-22(13-20)24-15-32(30-28-24)17-4-8-19(9-5-17)44(39,40)41/h2-9,12-15,25,33H,1,10-11H2,(H,36,37,38)(H,39,40,41). The third kappa shape index (κ3) is 6.86. The molecule has 230 valence electrons. The highest BCUT2D eigenvalue weighted by Crippen LogP contribution is 2.26. The van der Waals surface area contributed by atoms with Gasteiger partial charge in [0, 0.05) is 13.2 Å². The maximum atomic E-state index is 13.1. The smallest absolute Gasteiger partial charge is 0.294 e. The van der Waals surface area contributed by atoms with Crippen LogP contribution in [0, 0.1) is 0 Å². The number of nitrogens with zero attached hydrogens (tertiary/aromatic N) is 7. The molecule has 3 aromatic heterocycles. The van der Waals surface area contributed by atoms with E-state index in [0.717, 1.165) is 0 Å². The third-order valence-electron chi connectivity index (χ3n) is 6.05. The SMILES string of the molecule is O=S(=O)(O)c1ccc(-n2cc(-c3cc(S(=O)(=O)NCCCO)cc(-c4cn(-c5ccc(S(=O)(=O)O)cc5)nn4)n3)nn2)cc1. The lowest BCUT2D eigenvalue weighted by Gasteiger charge is -2.09. The van der Waals surface area contributed by atoms with Crippen LogP contribution in [0.5, 0.6) is 0 Å². The average molecular weight is 663 g/mol. The van der Waals surface area contributed by atoms with Crippen molar-refractivity contribution in [2.75, 3.05) is 13.2 Å². The molecule has 0 aliphatic heterocycles. The van der Waals surface area contributed by atoms with E-state index in [1.165, 1.54) is 82.4 Å². The van der Waals surface area contributed by atoms with Crippen molar-refractivity contribution in [3.63, 3.8) is 0 Å². The van der Waals surface area contributed by atoms with Gasteiger partial charge in [-0.05, 0) is 67.1 Å². The topological polar surface area (TPSA) is 249 Å². The molecule has 0 atom stereocenters. The summed E-state index contributed by atoms with van der Waals surface area (Å²) in [4.78, 5) is 3.67. The van der Waals surface area contributed by atoms with Crippen molar-refractivity contribution in [3.05, 3.63) is 73.1 Å². The minimum absolute atomic E-state index is 0.0305. The molecule has 0 aliphatic carbocycles. The van der Waals surface area contributed by atoms with E-state index in [1.54, 1.807) is 0 Å². The van der Waals surface area contributed by atoms with Gasteiger partial charge in [0.25, 0.3) is 20.2 Å². The van der Waals surface area contributed by atoms with Crippen LogP contribution in [-0.2, 0) is 30.3 Å². The van der Waals surface area contributed by atoms with Crippen LogP contribution in [0.25, 0.3) is 34.2 Å². The second kappa shape index (κ2) is 11.9. The molecule has 0 aliphatic rings. The molecular formula is C24H22N8O9S3. The van der Waals surface area contributed by atoms with Crippen molar-refractivity contribution in [3.8, 4) is 34.2 Å². The van der Waals surface area contributed by atoms with Crippen molar-refractivity contribution in [2.24, 2.45) is 0 Å². The number of nitrogens with one attached hydrogen (secondary N) is 1. The van der Waals surface area contributed by atoms with E-state index in [2.05, 4.69) is 30.3 Å². The van der Waals surface area contributed by atoms with E-state index in [0.29, 0.717) is 11.4 Å². The lowest BCUT2D eigenvalue weighted by molar-refractivity contribution is 0.289. The van der Waals surface area contributed by atoms with Crippen molar-refractivity contribution in [1.29, 1.82) is 0 Å². The van der Waals surface area contributed by atoms with Gasteiger partial charge in [-0.15, -0.1) is 10.2 Å². The number of aromatic nitrogens is 7. The fourth-order valence-corrected chi connectivity index (χ4v) is 5.92. The molecule has 0 amide bonds. The van der Waals surface area contributed by atoms with Gasteiger partial charge in [-0.2, -0.15) is 16.8 Å². The minimum atomic E-state index is -4.40. The number of rotatable bonds is 11. The Morgan fingerprint density at radius 2 is 1.07 bits per heavy atom. The van der Waals surface area contributed by atoms with Gasteiger partial charge in [0.1, 0.15) is 11.4 Å². The molecule has 0 saturated carbocycles. The first kappa shape index (κ1) is 31.0. The summed E-state index contributed by atoms with van der Waals surface area (Å²) in [6, 6.07) is 12.7. The largest absolute Gasteiger partial charge is 0.396 e. The summed E-state index contributed by atoms with van der Waals surface area (Å²) in [6.45, 7) is -0.255. The summed E-state index contributed by atoms with van der Waals surface area (Å²) < 4.78 is 95.0. The molecule has 2 aromatic carbocycles. The van der Waals surface area contributed by atoms with E-state index < -0.39 is 30.3 Å². The normalized spacial score (nSPS) is 12.4. The summed E-state index contributed by atoms with van der Waals surface area (Å²) in [6.07, 6.45) is 3.04. The van der Waals surface area contributed by atoms with Crippen molar-refractivity contribution in [1.82, 2.24) is 39.7 Å². The molecular weight excluding hydrogens is 641 g/mol. The molecule has 0 spiro atoms. The molecule has 0 radical (unpaired) electrons. The first-order valence-corrected chi connectivity index (χ1v) is 16.7. The number of pyridine rings is 1. The molecule has 4 N–H and O–H groups in total. The first-order valence-electron chi connectivity index (χ1n) is 12.4. The number of hydrogen-bond donors (Lipinski definition) is 4. The zero-order chi connectivity index (χ0) is 31.7. The Hall–Kier alpha value is -4.44. The van der Waals surface area contributed by atoms with E-state index in [9.17, 15) is 34.4 Å². The summed E-state index contributed by atoms with van der Waals surface area (Å²) in [7, 11) is -12.9. The highest BCUT2D eigenvalue weighted by atomic mass is 32.2. The van der Waals surface area contributed by atoms with Gasteiger partial charge in [0.15, 0.2) is 0 Å². The van der Waals surface area contributed by atoms with Crippen LogP contribution in [0.1, 0.15) is 6.42 Å². The Morgan fingerprint density at radius 3 is 1.45 bits per heavy atom. The summed E-state index contributed by atoms with van der Waals surface area (Å²) in [5.74, 6) is 0. The molecule has 3 heterocycles. The van der Waals surface area contributed by atoms with E-state index in [1.807, 2.05) is 0 Å². The fraction of sp³-hybridized carbons (Fsp3) is 0.125. The van der Waals surface area contributed by atoms with Crippen LogP contribution in [0.4, 0.5) is 0 Å². The predicted octanol–water partition coefficient (Wildman–Crippen LogP) is 0.731. The second-order valence-electron chi connectivity index (χ2n) is 9.08. The predicted molar refractivity (Wildman–Crippen MR) is 151 cm³/mol.